The molecule has 0 spiro atoms. The number of carbonyl (C=O) groups is 1. The first-order chi connectivity index (χ1) is 8.16. The summed E-state index contributed by atoms with van der Waals surface area (Å²) in [6, 6.07) is 4.72. The lowest BCUT2D eigenvalue weighted by molar-refractivity contribution is 0.0948. The predicted molar refractivity (Wildman–Crippen MR) is 65.7 cm³/mol. The lowest BCUT2D eigenvalue weighted by Crippen LogP contribution is -2.29. The molecular weight excluding hydrogens is 217 g/mol. The summed E-state index contributed by atoms with van der Waals surface area (Å²) >= 11 is 0. The summed E-state index contributed by atoms with van der Waals surface area (Å²) in [5, 5.41) is 3.26. The molecule has 1 aromatic rings. The number of carbonyl (C=O) groups excluding carboxylic acids is 1. The highest BCUT2D eigenvalue weighted by Gasteiger charge is 2.19. The Kier molecular flexibility index (Phi) is 3.89. The van der Waals surface area contributed by atoms with Gasteiger partial charge in [-0.2, -0.15) is 0 Å². The van der Waals surface area contributed by atoms with Crippen LogP contribution in [0.5, 0.6) is 0 Å². The highest BCUT2D eigenvalue weighted by molar-refractivity contribution is 5.96. The van der Waals surface area contributed by atoms with Gasteiger partial charge in [0, 0.05) is 6.42 Å². The fraction of sp³-hybridized carbons (Fsp3) is 0.500. The first kappa shape index (κ1) is 12.2. The number of aryl methyl sites for hydroxylation is 1. The molecule has 0 aliphatic carbocycles. The third-order valence-electron chi connectivity index (χ3n) is 3.36. The van der Waals surface area contributed by atoms with Crippen LogP contribution >= 0.6 is 0 Å². The zero-order valence-corrected chi connectivity index (χ0v) is 10.1. The average molecular weight is 235 g/mol. The second kappa shape index (κ2) is 5.41. The molecule has 17 heavy (non-hydrogen) atoms. The fourth-order valence-electron chi connectivity index (χ4n) is 2.31. The molecule has 0 aromatic heterocycles. The van der Waals surface area contributed by atoms with Crippen molar-refractivity contribution in [2.75, 3.05) is 13.1 Å². The number of hydrogen-bond donors (Lipinski definition) is 1. The second-order valence-corrected chi connectivity index (χ2v) is 4.80. The van der Waals surface area contributed by atoms with Crippen LogP contribution in [0.2, 0.25) is 0 Å². The number of piperidine rings is 1. The molecular formula is C14H18FNO. The maximum atomic E-state index is 13.5. The van der Waals surface area contributed by atoms with Gasteiger partial charge < -0.3 is 5.32 Å². The molecule has 0 radical (unpaired) electrons. The first-order valence-electron chi connectivity index (χ1n) is 6.17. The summed E-state index contributed by atoms with van der Waals surface area (Å²) in [5.41, 5.74) is 1.18. The lowest BCUT2D eigenvalue weighted by atomic mass is 9.90. The van der Waals surface area contributed by atoms with Gasteiger partial charge in [0.05, 0.1) is 5.56 Å². The normalized spacial score (nSPS) is 17.1. The van der Waals surface area contributed by atoms with Gasteiger partial charge in [-0.15, -0.1) is 0 Å². The molecule has 0 unspecified atom stereocenters. The van der Waals surface area contributed by atoms with Gasteiger partial charge in [-0.05, 0) is 50.9 Å². The van der Waals surface area contributed by atoms with Crippen LogP contribution in [0.4, 0.5) is 4.39 Å². The minimum atomic E-state index is -0.394. The van der Waals surface area contributed by atoms with Crippen molar-refractivity contribution in [1.29, 1.82) is 0 Å². The molecule has 1 aromatic carbocycles. The summed E-state index contributed by atoms with van der Waals surface area (Å²) in [6.07, 6.45) is 2.50. The van der Waals surface area contributed by atoms with Crippen LogP contribution in [0, 0.1) is 18.7 Å². The van der Waals surface area contributed by atoms with Crippen molar-refractivity contribution in [3.63, 3.8) is 0 Å². The molecule has 1 aliphatic heterocycles. The van der Waals surface area contributed by atoms with Gasteiger partial charge in [0.15, 0.2) is 5.78 Å². The van der Waals surface area contributed by atoms with Crippen LogP contribution < -0.4 is 5.32 Å². The smallest absolute Gasteiger partial charge is 0.166 e. The van der Waals surface area contributed by atoms with Crippen LogP contribution in [0.25, 0.3) is 0 Å². The molecule has 1 heterocycles. The topological polar surface area (TPSA) is 29.1 Å². The molecule has 3 heteroatoms. The van der Waals surface area contributed by atoms with Gasteiger partial charge in [-0.1, -0.05) is 11.6 Å². The Bertz CT molecular complexity index is 411. The number of ketones is 1. The molecule has 0 bridgehead atoms. The third-order valence-corrected chi connectivity index (χ3v) is 3.36. The molecule has 1 fully saturated rings. The number of benzene rings is 1. The summed E-state index contributed by atoms with van der Waals surface area (Å²) in [4.78, 5) is 12.0. The molecule has 2 nitrogen and oxygen atoms in total. The van der Waals surface area contributed by atoms with Crippen LogP contribution in [0.15, 0.2) is 18.2 Å². The van der Waals surface area contributed by atoms with E-state index >= 15 is 0 Å². The quantitative estimate of drug-likeness (QED) is 0.816. The fourth-order valence-corrected chi connectivity index (χ4v) is 2.31. The standard InChI is InChI=1S/C14H18FNO/c1-10-2-3-13(15)12(8-10)14(17)9-11-4-6-16-7-5-11/h2-3,8,11,16H,4-7,9H2,1H3. The minimum absolute atomic E-state index is 0.0573. The number of halogens is 1. The molecule has 2 rings (SSSR count). The monoisotopic (exact) mass is 235 g/mol. The molecule has 0 atom stereocenters. The molecule has 0 amide bonds. The second-order valence-electron chi connectivity index (χ2n) is 4.80. The SMILES string of the molecule is Cc1ccc(F)c(C(=O)CC2CCNCC2)c1. The Morgan fingerprint density at radius 1 is 1.41 bits per heavy atom. The Morgan fingerprint density at radius 3 is 2.82 bits per heavy atom. The van der Waals surface area contributed by atoms with E-state index in [-0.39, 0.29) is 11.3 Å². The van der Waals surface area contributed by atoms with Crippen molar-refractivity contribution in [2.24, 2.45) is 5.92 Å². The van der Waals surface area contributed by atoms with E-state index in [1.54, 1.807) is 12.1 Å². The summed E-state index contributed by atoms with van der Waals surface area (Å²) in [5.74, 6) is -0.0451. The Balaban J connectivity index is 2.05. The van der Waals surface area contributed by atoms with E-state index in [1.165, 1.54) is 6.07 Å². The summed E-state index contributed by atoms with van der Waals surface area (Å²) < 4.78 is 13.5. The van der Waals surface area contributed by atoms with E-state index in [1.807, 2.05) is 6.92 Å². The largest absolute Gasteiger partial charge is 0.317 e. The van der Waals surface area contributed by atoms with E-state index in [2.05, 4.69) is 5.32 Å². The van der Waals surface area contributed by atoms with Gasteiger partial charge in [-0.3, -0.25) is 4.79 Å². The summed E-state index contributed by atoms with van der Waals surface area (Å²) in [6.45, 7) is 3.81. The van der Waals surface area contributed by atoms with Crippen molar-refractivity contribution in [3.05, 3.63) is 35.1 Å². The first-order valence-corrected chi connectivity index (χ1v) is 6.17. The maximum absolute atomic E-state index is 13.5. The number of hydrogen-bond acceptors (Lipinski definition) is 2. The Morgan fingerprint density at radius 2 is 2.12 bits per heavy atom. The Hall–Kier alpha value is -1.22. The zero-order chi connectivity index (χ0) is 12.3. The Labute approximate surface area is 101 Å². The van der Waals surface area contributed by atoms with Crippen molar-refractivity contribution in [3.8, 4) is 0 Å². The lowest BCUT2D eigenvalue weighted by Gasteiger charge is -2.21. The van der Waals surface area contributed by atoms with E-state index in [4.69, 9.17) is 0 Å². The number of Topliss-reactive ketones (excluding diaryl/α,β-unsaturated/α-hetero) is 1. The molecule has 1 aliphatic rings. The molecule has 1 N–H and O–H groups in total. The third kappa shape index (κ3) is 3.13. The van der Waals surface area contributed by atoms with Crippen LogP contribution in [0.1, 0.15) is 35.2 Å². The van der Waals surface area contributed by atoms with E-state index < -0.39 is 5.82 Å². The van der Waals surface area contributed by atoms with Crippen molar-refractivity contribution >= 4 is 5.78 Å². The highest BCUT2D eigenvalue weighted by Crippen LogP contribution is 2.20. The maximum Gasteiger partial charge on any atom is 0.166 e. The number of rotatable bonds is 3. The predicted octanol–water partition coefficient (Wildman–Crippen LogP) is 2.71. The van der Waals surface area contributed by atoms with Crippen molar-refractivity contribution < 1.29 is 9.18 Å². The van der Waals surface area contributed by atoms with Crippen LogP contribution in [-0.2, 0) is 0 Å². The van der Waals surface area contributed by atoms with Gasteiger partial charge in [0.2, 0.25) is 0 Å². The van der Waals surface area contributed by atoms with Gasteiger partial charge >= 0.3 is 0 Å². The summed E-state index contributed by atoms with van der Waals surface area (Å²) in [7, 11) is 0. The zero-order valence-electron chi connectivity index (χ0n) is 10.1. The van der Waals surface area contributed by atoms with E-state index in [0.717, 1.165) is 31.5 Å². The average Bonchev–Trinajstić information content (AvgIpc) is 2.33. The van der Waals surface area contributed by atoms with E-state index in [9.17, 15) is 9.18 Å². The van der Waals surface area contributed by atoms with Crippen LogP contribution in [0.3, 0.4) is 0 Å². The minimum Gasteiger partial charge on any atom is -0.317 e. The number of nitrogens with one attached hydrogen (secondary N) is 1. The van der Waals surface area contributed by atoms with Gasteiger partial charge in [0.1, 0.15) is 5.82 Å². The molecule has 0 saturated carbocycles. The van der Waals surface area contributed by atoms with Crippen molar-refractivity contribution in [1.82, 2.24) is 5.32 Å². The molecule has 92 valence electrons. The van der Waals surface area contributed by atoms with Gasteiger partial charge in [-0.25, -0.2) is 4.39 Å². The van der Waals surface area contributed by atoms with E-state index in [0.29, 0.717) is 12.3 Å². The van der Waals surface area contributed by atoms with Gasteiger partial charge in [0.25, 0.3) is 0 Å². The molecule has 1 saturated heterocycles. The van der Waals surface area contributed by atoms with Crippen LogP contribution in [-0.4, -0.2) is 18.9 Å². The van der Waals surface area contributed by atoms with Crippen molar-refractivity contribution in [2.45, 2.75) is 26.2 Å². The highest BCUT2D eigenvalue weighted by atomic mass is 19.1.